The lowest BCUT2D eigenvalue weighted by atomic mass is 9.93. The Morgan fingerprint density at radius 3 is 2.73 bits per heavy atom. The number of carbonyl (C=O) groups excluding carboxylic acids is 1. The lowest BCUT2D eigenvalue weighted by molar-refractivity contribution is -0.119. The maximum Gasteiger partial charge on any atom is 0.137 e. The Bertz CT molecular complexity index is 355. The summed E-state index contributed by atoms with van der Waals surface area (Å²) in [4.78, 5) is 11.7. The van der Waals surface area contributed by atoms with Crippen molar-refractivity contribution in [3.8, 4) is 0 Å². The number of benzene rings is 1. The van der Waals surface area contributed by atoms with Crippen LogP contribution in [0.3, 0.4) is 0 Å². The molecular weight excluding hydrogens is 186 g/mol. The minimum absolute atomic E-state index is 0.371. The van der Waals surface area contributed by atoms with Gasteiger partial charge < -0.3 is 5.32 Å². The first-order valence-corrected chi connectivity index (χ1v) is 5.52. The number of Topliss-reactive ketones (excluding diaryl/α,β-unsaturated/α-hetero) is 1. The van der Waals surface area contributed by atoms with Crippen LogP contribution in [0.25, 0.3) is 0 Å². The first-order chi connectivity index (χ1) is 7.25. The minimum Gasteiger partial charge on any atom is -0.316 e. The Hall–Kier alpha value is -1.15. The van der Waals surface area contributed by atoms with E-state index in [1.165, 1.54) is 11.1 Å². The SMILES string of the molecule is Cc1ccccc1CC(=O)CC1CNC1. The standard InChI is InChI=1S/C13H17NO/c1-10-4-2-3-5-12(10)7-13(15)6-11-8-14-9-11/h2-5,11,14H,6-9H2,1H3. The van der Waals surface area contributed by atoms with Crippen molar-refractivity contribution in [3.63, 3.8) is 0 Å². The molecule has 1 aromatic rings. The summed E-state index contributed by atoms with van der Waals surface area (Å²) >= 11 is 0. The van der Waals surface area contributed by atoms with Gasteiger partial charge in [-0.15, -0.1) is 0 Å². The molecule has 0 saturated carbocycles. The molecule has 1 fully saturated rings. The lowest BCUT2D eigenvalue weighted by Gasteiger charge is -2.26. The second kappa shape index (κ2) is 4.58. The fourth-order valence-electron chi connectivity index (χ4n) is 1.91. The fourth-order valence-corrected chi connectivity index (χ4v) is 1.91. The average Bonchev–Trinajstić information content (AvgIpc) is 2.16. The van der Waals surface area contributed by atoms with Crippen LogP contribution in [0.15, 0.2) is 24.3 Å². The maximum absolute atomic E-state index is 11.7. The number of ketones is 1. The molecule has 2 rings (SSSR count). The fraction of sp³-hybridized carbons (Fsp3) is 0.462. The predicted molar refractivity (Wildman–Crippen MR) is 60.9 cm³/mol. The normalized spacial score (nSPS) is 16.1. The molecule has 1 aromatic carbocycles. The molecule has 0 aromatic heterocycles. The molecule has 1 aliphatic rings. The van der Waals surface area contributed by atoms with Crippen LogP contribution in [0.5, 0.6) is 0 Å². The van der Waals surface area contributed by atoms with Crippen LogP contribution < -0.4 is 5.32 Å². The van der Waals surface area contributed by atoms with Crippen molar-refractivity contribution < 1.29 is 4.79 Å². The van der Waals surface area contributed by atoms with E-state index in [1.807, 2.05) is 18.2 Å². The van der Waals surface area contributed by atoms with Crippen LogP contribution >= 0.6 is 0 Å². The van der Waals surface area contributed by atoms with E-state index in [4.69, 9.17) is 0 Å². The van der Waals surface area contributed by atoms with Gasteiger partial charge in [-0.2, -0.15) is 0 Å². The van der Waals surface area contributed by atoms with E-state index in [9.17, 15) is 4.79 Å². The molecule has 0 bridgehead atoms. The predicted octanol–water partition coefficient (Wildman–Crippen LogP) is 1.72. The number of hydrogen-bond acceptors (Lipinski definition) is 2. The van der Waals surface area contributed by atoms with Gasteiger partial charge in [0.05, 0.1) is 0 Å². The Morgan fingerprint density at radius 2 is 2.13 bits per heavy atom. The molecule has 1 N–H and O–H groups in total. The summed E-state index contributed by atoms with van der Waals surface area (Å²) in [6.45, 7) is 4.09. The van der Waals surface area contributed by atoms with Crippen molar-refractivity contribution in [2.45, 2.75) is 19.8 Å². The van der Waals surface area contributed by atoms with Crippen LogP contribution in [-0.4, -0.2) is 18.9 Å². The Balaban J connectivity index is 1.90. The molecule has 1 aliphatic heterocycles. The molecule has 1 saturated heterocycles. The number of rotatable bonds is 4. The van der Waals surface area contributed by atoms with Gasteiger partial charge in [-0.1, -0.05) is 24.3 Å². The van der Waals surface area contributed by atoms with E-state index in [0.717, 1.165) is 19.5 Å². The molecule has 1 heterocycles. The molecule has 2 nitrogen and oxygen atoms in total. The Kier molecular flexibility index (Phi) is 3.17. The topological polar surface area (TPSA) is 29.1 Å². The molecule has 0 atom stereocenters. The molecule has 0 aliphatic carbocycles. The van der Waals surface area contributed by atoms with Crippen LogP contribution in [0.1, 0.15) is 17.5 Å². The van der Waals surface area contributed by atoms with E-state index in [0.29, 0.717) is 18.1 Å². The summed E-state index contributed by atoms with van der Waals surface area (Å²) in [5.41, 5.74) is 2.40. The van der Waals surface area contributed by atoms with Gasteiger partial charge in [0, 0.05) is 12.8 Å². The van der Waals surface area contributed by atoms with Crippen molar-refractivity contribution in [3.05, 3.63) is 35.4 Å². The summed E-state index contributed by atoms with van der Waals surface area (Å²) < 4.78 is 0. The van der Waals surface area contributed by atoms with Gasteiger partial charge in [-0.3, -0.25) is 4.79 Å². The van der Waals surface area contributed by atoms with E-state index in [2.05, 4.69) is 18.3 Å². The molecule has 0 unspecified atom stereocenters. The molecule has 0 radical (unpaired) electrons. The molecule has 80 valence electrons. The zero-order valence-corrected chi connectivity index (χ0v) is 9.12. The van der Waals surface area contributed by atoms with Crippen LogP contribution in [0.4, 0.5) is 0 Å². The highest BCUT2D eigenvalue weighted by atomic mass is 16.1. The molecule has 0 amide bonds. The molecule has 0 spiro atoms. The summed E-state index contributed by atoms with van der Waals surface area (Å²) in [6, 6.07) is 8.12. The van der Waals surface area contributed by atoms with Gasteiger partial charge in [0.25, 0.3) is 0 Å². The highest BCUT2D eigenvalue weighted by Gasteiger charge is 2.20. The van der Waals surface area contributed by atoms with Crippen molar-refractivity contribution in [2.24, 2.45) is 5.92 Å². The van der Waals surface area contributed by atoms with Crippen LogP contribution in [-0.2, 0) is 11.2 Å². The van der Waals surface area contributed by atoms with Crippen molar-refractivity contribution in [1.82, 2.24) is 5.32 Å². The van der Waals surface area contributed by atoms with Gasteiger partial charge in [0.2, 0.25) is 0 Å². The zero-order valence-electron chi connectivity index (χ0n) is 9.12. The third-order valence-electron chi connectivity index (χ3n) is 3.03. The van der Waals surface area contributed by atoms with E-state index in [1.54, 1.807) is 0 Å². The second-order valence-corrected chi connectivity index (χ2v) is 4.37. The smallest absolute Gasteiger partial charge is 0.137 e. The van der Waals surface area contributed by atoms with E-state index in [-0.39, 0.29) is 0 Å². The zero-order chi connectivity index (χ0) is 10.7. The maximum atomic E-state index is 11.7. The third-order valence-corrected chi connectivity index (χ3v) is 3.03. The molecule has 15 heavy (non-hydrogen) atoms. The molecular formula is C13H17NO. The van der Waals surface area contributed by atoms with Gasteiger partial charge in [0.15, 0.2) is 0 Å². The first kappa shape index (κ1) is 10.4. The average molecular weight is 203 g/mol. The largest absolute Gasteiger partial charge is 0.316 e. The van der Waals surface area contributed by atoms with Gasteiger partial charge in [-0.05, 0) is 37.1 Å². The highest BCUT2D eigenvalue weighted by Crippen LogP contribution is 2.13. The lowest BCUT2D eigenvalue weighted by Crippen LogP contribution is -2.43. The van der Waals surface area contributed by atoms with Crippen LogP contribution in [0.2, 0.25) is 0 Å². The summed E-state index contributed by atoms with van der Waals surface area (Å²) in [6.07, 6.45) is 1.34. The van der Waals surface area contributed by atoms with Gasteiger partial charge >= 0.3 is 0 Å². The minimum atomic E-state index is 0.371. The van der Waals surface area contributed by atoms with Crippen molar-refractivity contribution >= 4 is 5.78 Å². The number of hydrogen-bond donors (Lipinski definition) is 1. The quantitative estimate of drug-likeness (QED) is 0.807. The number of nitrogens with one attached hydrogen (secondary N) is 1. The van der Waals surface area contributed by atoms with E-state index < -0.39 is 0 Å². The summed E-state index contributed by atoms with van der Waals surface area (Å²) in [5, 5.41) is 3.19. The van der Waals surface area contributed by atoms with Gasteiger partial charge in [0.1, 0.15) is 5.78 Å². The first-order valence-electron chi connectivity index (χ1n) is 5.52. The Labute approximate surface area is 90.7 Å². The van der Waals surface area contributed by atoms with Crippen molar-refractivity contribution in [1.29, 1.82) is 0 Å². The second-order valence-electron chi connectivity index (χ2n) is 4.37. The number of carbonyl (C=O) groups is 1. The Morgan fingerprint density at radius 1 is 1.40 bits per heavy atom. The third kappa shape index (κ3) is 2.66. The highest BCUT2D eigenvalue weighted by molar-refractivity contribution is 5.81. The van der Waals surface area contributed by atoms with Crippen molar-refractivity contribution in [2.75, 3.05) is 13.1 Å². The summed E-state index contributed by atoms with van der Waals surface area (Å²) in [5.74, 6) is 0.956. The van der Waals surface area contributed by atoms with Crippen LogP contribution in [0, 0.1) is 12.8 Å². The summed E-state index contributed by atoms with van der Waals surface area (Å²) in [7, 11) is 0. The monoisotopic (exact) mass is 203 g/mol. The van der Waals surface area contributed by atoms with E-state index >= 15 is 0 Å². The van der Waals surface area contributed by atoms with Gasteiger partial charge in [-0.25, -0.2) is 0 Å². The number of aryl methyl sites for hydroxylation is 1. The molecule has 2 heteroatoms.